The zero-order chi connectivity index (χ0) is 17.5. The minimum atomic E-state index is -0.229. The number of amides is 1. The third-order valence-corrected chi connectivity index (χ3v) is 6.45. The van der Waals surface area contributed by atoms with E-state index >= 15 is 0 Å². The molecule has 0 unspecified atom stereocenters. The van der Waals surface area contributed by atoms with Gasteiger partial charge in [0.1, 0.15) is 0 Å². The highest BCUT2D eigenvalue weighted by Crippen LogP contribution is 2.63. The number of hydrazone groups is 1. The van der Waals surface area contributed by atoms with Crippen molar-refractivity contribution in [3.05, 3.63) is 23.8 Å². The molecule has 1 amide bonds. The van der Waals surface area contributed by atoms with E-state index in [9.17, 15) is 4.79 Å². The molecule has 2 aliphatic carbocycles. The van der Waals surface area contributed by atoms with E-state index in [2.05, 4.69) is 31.3 Å². The van der Waals surface area contributed by atoms with Gasteiger partial charge < -0.3 is 9.47 Å². The Bertz CT molecular complexity index is 696. The Hall–Kier alpha value is -2.04. The van der Waals surface area contributed by atoms with Crippen molar-refractivity contribution in [2.24, 2.45) is 21.8 Å². The van der Waals surface area contributed by atoms with Crippen LogP contribution in [0.1, 0.15) is 50.4 Å². The van der Waals surface area contributed by atoms with Crippen LogP contribution in [0, 0.1) is 16.7 Å². The number of rotatable bonds is 4. The first-order valence-electron chi connectivity index (χ1n) is 8.43. The SMILES string of the molecule is COc1ccc(C(=O)N/N=C2/C[C@H]3CC[C@]2(C)C3(C)C)cc1OC. The van der Waals surface area contributed by atoms with Crippen LogP contribution in [-0.2, 0) is 0 Å². The van der Waals surface area contributed by atoms with E-state index in [0.717, 1.165) is 18.6 Å². The van der Waals surface area contributed by atoms with Crippen LogP contribution in [0.4, 0.5) is 0 Å². The third-order valence-electron chi connectivity index (χ3n) is 6.45. The van der Waals surface area contributed by atoms with Crippen molar-refractivity contribution in [3.63, 3.8) is 0 Å². The molecule has 0 spiro atoms. The summed E-state index contributed by atoms with van der Waals surface area (Å²) in [5, 5.41) is 4.49. The van der Waals surface area contributed by atoms with Crippen LogP contribution in [0.2, 0.25) is 0 Å². The van der Waals surface area contributed by atoms with Crippen LogP contribution < -0.4 is 14.9 Å². The van der Waals surface area contributed by atoms with Gasteiger partial charge in [0.25, 0.3) is 5.91 Å². The van der Waals surface area contributed by atoms with Gasteiger partial charge in [-0.1, -0.05) is 20.8 Å². The summed E-state index contributed by atoms with van der Waals surface area (Å²) in [6.45, 7) is 6.92. The Morgan fingerprint density at radius 2 is 1.92 bits per heavy atom. The van der Waals surface area contributed by atoms with Crippen molar-refractivity contribution >= 4 is 11.6 Å². The summed E-state index contributed by atoms with van der Waals surface area (Å²) in [7, 11) is 3.12. The van der Waals surface area contributed by atoms with E-state index in [1.807, 2.05) is 0 Å². The quantitative estimate of drug-likeness (QED) is 0.858. The Labute approximate surface area is 143 Å². The summed E-state index contributed by atoms with van der Waals surface area (Å²) in [6, 6.07) is 5.10. The maximum atomic E-state index is 12.4. The number of ether oxygens (including phenoxy) is 2. The first kappa shape index (κ1) is 16.8. The van der Waals surface area contributed by atoms with Gasteiger partial charge in [0.2, 0.25) is 0 Å². The summed E-state index contributed by atoms with van der Waals surface area (Å²) in [6.07, 6.45) is 3.39. The maximum Gasteiger partial charge on any atom is 0.271 e. The van der Waals surface area contributed by atoms with Gasteiger partial charge >= 0.3 is 0 Å². The maximum absolute atomic E-state index is 12.4. The number of methoxy groups -OCH3 is 2. The highest BCUT2D eigenvalue weighted by Gasteiger charge is 2.60. The van der Waals surface area contributed by atoms with E-state index in [1.54, 1.807) is 32.4 Å². The van der Waals surface area contributed by atoms with Gasteiger partial charge in [-0.3, -0.25) is 4.79 Å². The molecule has 2 fully saturated rings. The molecule has 0 aromatic heterocycles. The average Bonchev–Trinajstić information content (AvgIpc) is 2.92. The Morgan fingerprint density at radius 1 is 1.21 bits per heavy atom. The Morgan fingerprint density at radius 3 is 2.46 bits per heavy atom. The van der Waals surface area contributed by atoms with E-state index in [0.29, 0.717) is 23.0 Å². The lowest BCUT2D eigenvalue weighted by Gasteiger charge is -2.34. The molecule has 3 rings (SSSR count). The number of nitrogens with one attached hydrogen (secondary N) is 1. The molecule has 1 N–H and O–H groups in total. The predicted octanol–water partition coefficient (Wildman–Crippen LogP) is 3.64. The minimum absolute atomic E-state index is 0.0859. The lowest BCUT2D eigenvalue weighted by atomic mass is 9.70. The zero-order valence-electron chi connectivity index (χ0n) is 15.1. The summed E-state index contributed by atoms with van der Waals surface area (Å²) >= 11 is 0. The molecule has 0 radical (unpaired) electrons. The normalized spacial score (nSPS) is 28.9. The van der Waals surface area contributed by atoms with E-state index in [-0.39, 0.29) is 16.7 Å². The van der Waals surface area contributed by atoms with Crippen LogP contribution in [0.15, 0.2) is 23.3 Å². The van der Waals surface area contributed by atoms with Gasteiger partial charge in [-0.05, 0) is 48.8 Å². The van der Waals surface area contributed by atoms with Crippen LogP contribution in [0.25, 0.3) is 0 Å². The first-order chi connectivity index (χ1) is 11.3. The van der Waals surface area contributed by atoms with E-state index < -0.39 is 0 Å². The molecule has 2 aliphatic rings. The molecule has 5 heteroatoms. The predicted molar refractivity (Wildman–Crippen MR) is 93.7 cm³/mol. The first-order valence-corrected chi connectivity index (χ1v) is 8.43. The van der Waals surface area contributed by atoms with Crippen molar-refractivity contribution in [2.45, 2.75) is 40.0 Å². The highest BCUT2D eigenvalue weighted by molar-refractivity contribution is 5.98. The summed E-state index contributed by atoms with van der Waals surface area (Å²) in [5.41, 5.74) is 4.69. The molecular weight excluding hydrogens is 304 g/mol. The zero-order valence-corrected chi connectivity index (χ0v) is 15.1. The van der Waals surface area contributed by atoms with Gasteiger partial charge in [-0.25, -0.2) is 5.43 Å². The van der Waals surface area contributed by atoms with E-state index in [4.69, 9.17) is 9.47 Å². The molecule has 2 bridgehead atoms. The lowest BCUT2D eigenvalue weighted by molar-refractivity contribution is 0.0953. The summed E-state index contributed by atoms with van der Waals surface area (Å²) < 4.78 is 10.4. The van der Waals surface area contributed by atoms with Gasteiger partial charge in [0.15, 0.2) is 11.5 Å². The molecule has 130 valence electrons. The fourth-order valence-corrected chi connectivity index (χ4v) is 4.26. The second-order valence-corrected chi connectivity index (χ2v) is 7.56. The molecule has 1 aromatic rings. The van der Waals surface area contributed by atoms with Crippen LogP contribution in [0.3, 0.4) is 0 Å². The molecule has 24 heavy (non-hydrogen) atoms. The van der Waals surface area contributed by atoms with Crippen molar-refractivity contribution < 1.29 is 14.3 Å². The van der Waals surface area contributed by atoms with Gasteiger partial charge in [-0.2, -0.15) is 5.10 Å². The number of benzene rings is 1. The van der Waals surface area contributed by atoms with Crippen molar-refractivity contribution in [3.8, 4) is 11.5 Å². The molecular formula is C19H26N2O3. The number of fused-ring (bicyclic) bond motifs is 2. The number of carbonyl (C=O) groups excluding carboxylic acids is 1. The average molecular weight is 330 g/mol. The number of carbonyl (C=O) groups is 1. The fraction of sp³-hybridized carbons (Fsp3) is 0.579. The fourth-order valence-electron chi connectivity index (χ4n) is 4.26. The Balaban J connectivity index is 1.77. The van der Waals surface area contributed by atoms with Gasteiger partial charge in [0, 0.05) is 16.7 Å². The van der Waals surface area contributed by atoms with Crippen LogP contribution in [0.5, 0.6) is 11.5 Å². The van der Waals surface area contributed by atoms with Gasteiger partial charge in [-0.15, -0.1) is 0 Å². The molecule has 2 saturated carbocycles. The molecule has 0 saturated heterocycles. The topological polar surface area (TPSA) is 59.9 Å². The molecule has 2 atom stereocenters. The lowest BCUT2D eigenvalue weighted by Crippen LogP contribution is -2.34. The number of hydrogen-bond donors (Lipinski definition) is 1. The Kier molecular flexibility index (Phi) is 4.06. The molecule has 0 heterocycles. The smallest absolute Gasteiger partial charge is 0.271 e. The standard InChI is InChI=1S/C19H26N2O3/c1-18(2)13-8-9-19(18,3)16(11-13)20-21-17(22)12-6-7-14(23-4)15(10-12)24-5/h6-7,10,13H,8-9,11H2,1-5H3,(H,21,22)/b20-16-/t13-,19+/m1/s1. The van der Waals surface area contributed by atoms with Crippen molar-refractivity contribution in [1.82, 2.24) is 5.43 Å². The third kappa shape index (κ3) is 2.38. The van der Waals surface area contributed by atoms with Crippen LogP contribution >= 0.6 is 0 Å². The van der Waals surface area contributed by atoms with E-state index in [1.165, 1.54) is 6.42 Å². The van der Waals surface area contributed by atoms with Gasteiger partial charge in [0.05, 0.1) is 14.2 Å². The monoisotopic (exact) mass is 330 g/mol. The second kappa shape index (κ2) is 5.80. The summed E-state index contributed by atoms with van der Waals surface area (Å²) in [5.74, 6) is 1.57. The molecule has 5 nitrogen and oxygen atoms in total. The minimum Gasteiger partial charge on any atom is -0.493 e. The molecule has 1 aromatic carbocycles. The number of hydrogen-bond acceptors (Lipinski definition) is 4. The number of nitrogens with zero attached hydrogens (tertiary/aromatic N) is 1. The van der Waals surface area contributed by atoms with Crippen LogP contribution in [-0.4, -0.2) is 25.8 Å². The van der Waals surface area contributed by atoms with Crippen molar-refractivity contribution in [1.29, 1.82) is 0 Å². The molecule has 0 aliphatic heterocycles. The van der Waals surface area contributed by atoms with Crippen molar-refractivity contribution in [2.75, 3.05) is 14.2 Å². The summed E-state index contributed by atoms with van der Waals surface area (Å²) in [4.78, 5) is 12.4. The highest BCUT2D eigenvalue weighted by atomic mass is 16.5. The largest absolute Gasteiger partial charge is 0.493 e. The second-order valence-electron chi connectivity index (χ2n) is 7.56.